The molecule has 0 fully saturated rings. The number of aryl methyl sites for hydroxylation is 1. The van der Waals surface area contributed by atoms with Crippen molar-refractivity contribution in [1.29, 1.82) is 0 Å². The van der Waals surface area contributed by atoms with Crippen molar-refractivity contribution in [2.75, 3.05) is 33.4 Å². The Kier molecular flexibility index (Phi) is 7.17. The van der Waals surface area contributed by atoms with Crippen LogP contribution in [0.2, 0.25) is 0 Å². The van der Waals surface area contributed by atoms with Gasteiger partial charge in [0.1, 0.15) is 5.65 Å². The molecule has 0 saturated carbocycles. The van der Waals surface area contributed by atoms with Crippen molar-refractivity contribution in [3.05, 3.63) is 35.8 Å². The summed E-state index contributed by atoms with van der Waals surface area (Å²) in [6.45, 7) is 8.65. The van der Waals surface area contributed by atoms with Gasteiger partial charge < -0.3 is 19.0 Å². The molecule has 24 heavy (non-hydrogen) atoms. The third-order valence-electron chi connectivity index (χ3n) is 3.69. The van der Waals surface area contributed by atoms with Gasteiger partial charge in [-0.2, -0.15) is 0 Å². The first-order valence-corrected chi connectivity index (χ1v) is 8.45. The number of pyridine rings is 1. The molecule has 1 unspecified atom stereocenters. The molecule has 2 aromatic rings. The van der Waals surface area contributed by atoms with E-state index in [0.717, 1.165) is 17.0 Å². The number of hydrogen-bond donors (Lipinski definition) is 1. The largest absolute Gasteiger partial charge is 0.389 e. The van der Waals surface area contributed by atoms with Crippen LogP contribution in [0.1, 0.15) is 25.2 Å². The van der Waals surface area contributed by atoms with Crippen LogP contribution >= 0.6 is 0 Å². The smallest absolute Gasteiger partial charge is 0.137 e. The molecular formula is C18H29N3O3. The van der Waals surface area contributed by atoms with Crippen LogP contribution in [0, 0.1) is 6.92 Å². The average molecular weight is 335 g/mol. The van der Waals surface area contributed by atoms with Gasteiger partial charge in [0.25, 0.3) is 0 Å². The fraction of sp³-hybridized carbons (Fsp3) is 0.611. The molecule has 0 aromatic carbocycles. The summed E-state index contributed by atoms with van der Waals surface area (Å²) in [5, 5.41) is 10.1. The maximum absolute atomic E-state index is 10.1. The van der Waals surface area contributed by atoms with Crippen LogP contribution in [-0.2, 0) is 16.0 Å². The van der Waals surface area contributed by atoms with E-state index in [9.17, 15) is 5.11 Å². The molecule has 0 spiro atoms. The number of fused-ring (bicyclic) bond motifs is 1. The SMILES string of the molecule is Cc1cccc2nc(CN(C)CC(O)COCCOC(C)C)cn12. The zero-order chi connectivity index (χ0) is 17.5. The van der Waals surface area contributed by atoms with E-state index in [-0.39, 0.29) is 6.10 Å². The summed E-state index contributed by atoms with van der Waals surface area (Å²) < 4.78 is 12.9. The molecule has 2 aromatic heterocycles. The van der Waals surface area contributed by atoms with Gasteiger partial charge in [0.2, 0.25) is 0 Å². The van der Waals surface area contributed by atoms with Gasteiger partial charge in [0.05, 0.1) is 37.7 Å². The highest BCUT2D eigenvalue weighted by Gasteiger charge is 2.11. The Hall–Kier alpha value is -1.47. The predicted molar refractivity (Wildman–Crippen MR) is 94.2 cm³/mol. The molecule has 0 aliphatic carbocycles. The molecule has 0 bridgehead atoms. The number of aliphatic hydroxyl groups excluding tert-OH is 1. The summed E-state index contributed by atoms with van der Waals surface area (Å²) >= 11 is 0. The zero-order valence-corrected chi connectivity index (χ0v) is 15.1. The Labute approximate surface area is 144 Å². The lowest BCUT2D eigenvalue weighted by atomic mass is 10.3. The van der Waals surface area contributed by atoms with E-state index in [4.69, 9.17) is 9.47 Å². The molecule has 1 N–H and O–H groups in total. The van der Waals surface area contributed by atoms with Crippen molar-refractivity contribution in [3.8, 4) is 0 Å². The molecule has 0 radical (unpaired) electrons. The molecule has 6 heteroatoms. The van der Waals surface area contributed by atoms with E-state index < -0.39 is 6.10 Å². The van der Waals surface area contributed by atoms with Crippen LogP contribution in [0.3, 0.4) is 0 Å². The number of aliphatic hydroxyl groups is 1. The van der Waals surface area contributed by atoms with Crippen molar-refractivity contribution in [2.24, 2.45) is 0 Å². The molecular weight excluding hydrogens is 306 g/mol. The maximum atomic E-state index is 10.1. The number of hydrogen-bond acceptors (Lipinski definition) is 5. The van der Waals surface area contributed by atoms with Gasteiger partial charge in [-0.15, -0.1) is 0 Å². The average Bonchev–Trinajstić information content (AvgIpc) is 2.90. The van der Waals surface area contributed by atoms with E-state index >= 15 is 0 Å². The Morgan fingerprint density at radius 3 is 2.79 bits per heavy atom. The van der Waals surface area contributed by atoms with Gasteiger partial charge in [-0.1, -0.05) is 6.07 Å². The van der Waals surface area contributed by atoms with Gasteiger partial charge in [-0.3, -0.25) is 4.90 Å². The summed E-state index contributed by atoms with van der Waals surface area (Å²) in [5.74, 6) is 0. The minimum absolute atomic E-state index is 0.207. The Morgan fingerprint density at radius 1 is 1.29 bits per heavy atom. The lowest BCUT2D eigenvalue weighted by Gasteiger charge is -2.19. The topological polar surface area (TPSA) is 59.2 Å². The first-order valence-electron chi connectivity index (χ1n) is 8.45. The fourth-order valence-corrected chi connectivity index (χ4v) is 2.59. The van der Waals surface area contributed by atoms with Crippen LogP contribution in [-0.4, -0.2) is 65.0 Å². The van der Waals surface area contributed by atoms with Gasteiger partial charge in [-0.05, 0) is 40.0 Å². The Morgan fingerprint density at radius 2 is 2.08 bits per heavy atom. The van der Waals surface area contributed by atoms with Crippen molar-refractivity contribution in [1.82, 2.24) is 14.3 Å². The standard InChI is InChI=1S/C18H29N3O3/c1-14(2)24-9-8-23-13-17(22)12-20(4)10-16-11-21-15(3)6-5-7-18(21)19-16/h5-7,11,14,17,22H,8-10,12-13H2,1-4H3. The van der Waals surface area contributed by atoms with Gasteiger partial charge >= 0.3 is 0 Å². The van der Waals surface area contributed by atoms with Crippen molar-refractivity contribution in [2.45, 2.75) is 39.5 Å². The summed E-state index contributed by atoms with van der Waals surface area (Å²) in [6.07, 6.45) is 1.74. The highest BCUT2D eigenvalue weighted by atomic mass is 16.5. The van der Waals surface area contributed by atoms with Crippen molar-refractivity contribution < 1.29 is 14.6 Å². The quantitative estimate of drug-likeness (QED) is 0.672. The van der Waals surface area contributed by atoms with Gasteiger partial charge in [-0.25, -0.2) is 4.98 Å². The normalized spacial score (nSPS) is 13.3. The number of rotatable bonds is 10. The third-order valence-corrected chi connectivity index (χ3v) is 3.69. The van der Waals surface area contributed by atoms with Crippen LogP contribution in [0.15, 0.2) is 24.4 Å². The highest BCUT2D eigenvalue weighted by Crippen LogP contribution is 2.10. The molecule has 0 saturated heterocycles. The number of nitrogens with zero attached hydrogens (tertiary/aromatic N) is 3. The molecule has 6 nitrogen and oxygen atoms in total. The Bertz CT molecular complexity index is 627. The van der Waals surface area contributed by atoms with Crippen LogP contribution in [0.25, 0.3) is 5.65 Å². The van der Waals surface area contributed by atoms with E-state index in [1.165, 1.54) is 0 Å². The summed E-state index contributed by atoms with van der Waals surface area (Å²) in [6, 6.07) is 6.07. The first-order chi connectivity index (χ1) is 11.5. The van der Waals surface area contributed by atoms with Crippen LogP contribution in [0.4, 0.5) is 0 Å². The zero-order valence-electron chi connectivity index (χ0n) is 15.1. The van der Waals surface area contributed by atoms with Gasteiger partial charge in [0, 0.05) is 25.0 Å². The Balaban J connectivity index is 1.73. The summed E-state index contributed by atoms with van der Waals surface area (Å²) in [4.78, 5) is 6.67. The van der Waals surface area contributed by atoms with E-state index in [1.54, 1.807) is 0 Å². The van der Waals surface area contributed by atoms with Gasteiger partial charge in [0.15, 0.2) is 0 Å². The molecule has 1 atom stereocenters. The van der Waals surface area contributed by atoms with Crippen LogP contribution < -0.4 is 0 Å². The second-order valence-corrected chi connectivity index (χ2v) is 6.47. The maximum Gasteiger partial charge on any atom is 0.137 e. The monoisotopic (exact) mass is 335 g/mol. The number of likely N-dealkylation sites (N-methyl/N-ethyl adjacent to an activating group) is 1. The van der Waals surface area contributed by atoms with Crippen LogP contribution in [0.5, 0.6) is 0 Å². The summed E-state index contributed by atoms with van der Waals surface area (Å²) in [7, 11) is 1.97. The van der Waals surface area contributed by atoms with E-state index in [2.05, 4.69) is 27.3 Å². The van der Waals surface area contributed by atoms with E-state index in [0.29, 0.717) is 32.9 Å². The third kappa shape index (κ3) is 5.87. The first kappa shape index (κ1) is 18.9. The lowest BCUT2D eigenvalue weighted by Crippen LogP contribution is -2.32. The number of imidazole rings is 1. The number of ether oxygens (including phenoxy) is 2. The molecule has 2 rings (SSSR count). The molecule has 0 aliphatic heterocycles. The minimum atomic E-state index is -0.521. The molecule has 2 heterocycles. The second-order valence-electron chi connectivity index (χ2n) is 6.47. The highest BCUT2D eigenvalue weighted by molar-refractivity contribution is 5.41. The predicted octanol–water partition coefficient (Wildman–Crippen LogP) is 1.88. The van der Waals surface area contributed by atoms with E-state index in [1.807, 2.05) is 39.2 Å². The van der Waals surface area contributed by atoms with Crippen molar-refractivity contribution in [3.63, 3.8) is 0 Å². The molecule has 0 aliphatic rings. The lowest BCUT2D eigenvalue weighted by molar-refractivity contribution is -0.0174. The molecule has 134 valence electrons. The second kappa shape index (κ2) is 9.13. The fourth-order valence-electron chi connectivity index (χ4n) is 2.59. The van der Waals surface area contributed by atoms with Crippen molar-refractivity contribution >= 4 is 5.65 Å². The number of aromatic nitrogens is 2. The summed E-state index contributed by atoms with van der Waals surface area (Å²) in [5.41, 5.74) is 3.10. The molecule has 0 amide bonds. The minimum Gasteiger partial charge on any atom is -0.389 e.